The first-order valence-corrected chi connectivity index (χ1v) is 7.02. The van der Waals surface area contributed by atoms with Gasteiger partial charge in [-0.25, -0.2) is 0 Å². The van der Waals surface area contributed by atoms with E-state index in [2.05, 4.69) is 10.6 Å². The van der Waals surface area contributed by atoms with Gasteiger partial charge in [-0.1, -0.05) is 20.8 Å². The fourth-order valence-corrected chi connectivity index (χ4v) is 2.10. The van der Waals surface area contributed by atoms with Crippen LogP contribution in [-0.4, -0.2) is 36.1 Å². The summed E-state index contributed by atoms with van der Waals surface area (Å²) in [6.07, 6.45) is 3.38. The first-order valence-electron chi connectivity index (χ1n) is 7.02. The highest BCUT2D eigenvalue weighted by Crippen LogP contribution is 2.23. The Morgan fingerprint density at radius 3 is 2.21 bits per heavy atom. The van der Waals surface area contributed by atoms with E-state index in [-0.39, 0.29) is 24.5 Å². The smallest absolute Gasteiger partial charge is 0.239 e. The van der Waals surface area contributed by atoms with E-state index >= 15 is 0 Å². The number of hydrogen-bond acceptors (Lipinski definition) is 3. The van der Waals surface area contributed by atoms with Crippen molar-refractivity contribution in [1.29, 1.82) is 0 Å². The van der Waals surface area contributed by atoms with Crippen molar-refractivity contribution < 1.29 is 14.7 Å². The van der Waals surface area contributed by atoms with E-state index in [9.17, 15) is 14.7 Å². The Kier molecular flexibility index (Phi) is 5.79. The fraction of sp³-hybridized carbons (Fsp3) is 0.857. The normalized spacial score (nSPS) is 23.8. The molecule has 0 spiro atoms. The largest absolute Gasteiger partial charge is 0.393 e. The lowest BCUT2D eigenvalue weighted by atomic mass is 9.87. The molecule has 0 radical (unpaired) electrons. The second-order valence-corrected chi connectivity index (χ2v) is 6.41. The van der Waals surface area contributed by atoms with Crippen molar-refractivity contribution in [2.24, 2.45) is 11.3 Å². The minimum atomic E-state index is -0.472. The lowest BCUT2D eigenvalue weighted by Crippen LogP contribution is -2.43. The third-order valence-electron chi connectivity index (χ3n) is 3.49. The Hall–Kier alpha value is -1.10. The van der Waals surface area contributed by atoms with Crippen LogP contribution in [0.2, 0.25) is 0 Å². The molecule has 1 fully saturated rings. The minimum absolute atomic E-state index is 0.0332. The van der Waals surface area contributed by atoms with Crippen LogP contribution < -0.4 is 10.6 Å². The summed E-state index contributed by atoms with van der Waals surface area (Å²) in [7, 11) is 0. The summed E-state index contributed by atoms with van der Waals surface area (Å²) in [4.78, 5) is 23.2. The van der Waals surface area contributed by atoms with Crippen molar-refractivity contribution in [3.8, 4) is 0 Å². The van der Waals surface area contributed by atoms with E-state index < -0.39 is 5.41 Å². The van der Waals surface area contributed by atoms with Crippen LogP contribution in [0, 0.1) is 11.3 Å². The summed E-state index contributed by atoms with van der Waals surface area (Å²) in [5.41, 5.74) is -0.472. The van der Waals surface area contributed by atoms with E-state index in [1.165, 1.54) is 0 Å². The highest BCUT2D eigenvalue weighted by Gasteiger charge is 2.22. The van der Waals surface area contributed by atoms with Crippen molar-refractivity contribution >= 4 is 11.8 Å². The van der Waals surface area contributed by atoms with Crippen molar-refractivity contribution in [3.05, 3.63) is 0 Å². The van der Waals surface area contributed by atoms with Gasteiger partial charge in [-0.15, -0.1) is 0 Å². The molecule has 5 heteroatoms. The third kappa shape index (κ3) is 6.05. The maximum atomic E-state index is 11.6. The van der Waals surface area contributed by atoms with Crippen LogP contribution in [0.5, 0.6) is 0 Å². The maximum Gasteiger partial charge on any atom is 0.239 e. The molecule has 0 aromatic carbocycles. The van der Waals surface area contributed by atoms with Gasteiger partial charge in [-0.05, 0) is 31.6 Å². The molecule has 110 valence electrons. The van der Waals surface area contributed by atoms with Crippen molar-refractivity contribution in [3.63, 3.8) is 0 Å². The van der Waals surface area contributed by atoms with Gasteiger partial charge in [0.05, 0.1) is 12.6 Å². The molecule has 1 saturated carbocycles. The lowest BCUT2D eigenvalue weighted by Gasteiger charge is -2.25. The molecule has 3 N–H and O–H groups in total. The summed E-state index contributed by atoms with van der Waals surface area (Å²) < 4.78 is 0. The van der Waals surface area contributed by atoms with Crippen LogP contribution in [0.3, 0.4) is 0 Å². The highest BCUT2D eigenvalue weighted by atomic mass is 16.3. The first-order chi connectivity index (χ1) is 8.79. The Bertz CT molecular complexity index is 315. The molecular weight excluding hydrogens is 244 g/mol. The summed E-state index contributed by atoms with van der Waals surface area (Å²) >= 11 is 0. The summed E-state index contributed by atoms with van der Waals surface area (Å²) in [5.74, 6) is 0.179. The Balaban J connectivity index is 2.16. The summed E-state index contributed by atoms with van der Waals surface area (Å²) in [5, 5.41) is 14.9. The molecule has 2 amide bonds. The van der Waals surface area contributed by atoms with Gasteiger partial charge in [0, 0.05) is 12.0 Å². The van der Waals surface area contributed by atoms with Crippen molar-refractivity contribution in [2.45, 2.75) is 52.6 Å². The van der Waals surface area contributed by atoms with Gasteiger partial charge in [0.15, 0.2) is 0 Å². The van der Waals surface area contributed by atoms with E-state index in [0.29, 0.717) is 12.5 Å². The van der Waals surface area contributed by atoms with Crippen LogP contribution in [-0.2, 0) is 9.59 Å². The molecule has 0 heterocycles. The quantitative estimate of drug-likeness (QED) is 0.707. The zero-order chi connectivity index (χ0) is 14.5. The molecule has 0 aromatic heterocycles. The number of aliphatic hydroxyl groups is 1. The minimum Gasteiger partial charge on any atom is -0.393 e. The first kappa shape index (κ1) is 16.0. The van der Waals surface area contributed by atoms with Crippen LogP contribution in [0.15, 0.2) is 0 Å². The van der Waals surface area contributed by atoms with Gasteiger partial charge in [0.2, 0.25) is 11.8 Å². The predicted molar refractivity (Wildman–Crippen MR) is 73.4 cm³/mol. The molecule has 0 unspecified atom stereocenters. The lowest BCUT2D eigenvalue weighted by molar-refractivity contribution is -0.131. The molecule has 5 nitrogen and oxygen atoms in total. The number of rotatable bonds is 4. The SMILES string of the molecule is CC(C)(C)C(=O)NCC(=O)NCC1CCC(O)CC1. The van der Waals surface area contributed by atoms with Gasteiger partial charge in [0.25, 0.3) is 0 Å². The predicted octanol–water partition coefficient (Wildman–Crippen LogP) is 0.816. The topological polar surface area (TPSA) is 78.4 Å². The molecule has 1 aliphatic carbocycles. The van der Waals surface area contributed by atoms with E-state index in [1.807, 2.05) is 20.8 Å². The Morgan fingerprint density at radius 1 is 1.11 bits per heavy atom. The molecule has 1 rings (SSSR count). The molecule has 0 saturated heterocycles. The average Bonchev–Trinajstić information content (AvgIpc) is 2.34. The Labute approximate surface area is 115 Å². The molecule has 0 aromatic rings. The van der Waals surface area contributed by atoms with Gasteiger partial charge in [-0.2, -0.15) is 0 Å². The number of amides is 2. The second-order valence-electron chi connectivity index (χ2n) is 6.41. The van der Waals surface area contributed by atoms with E-state index in [4.69, 9.17) is 0 Å². The van der Waals surface area contributed by atoms with Crippen LogP contribution >= 0.6 is 0 Å². The number of carbonyl (C=O) groups is 2. The Morgan fingerprint density at radius 2 is 1.68 bits per heavy atom. The molecule has 1 aliphatic rings. The van der Waals surface area contributed by atoms with Crippen LogP contribution in [0.1, 0.15) is 46.5 Å². The van der Waals surface area contributed by atoms with Gasteiger partial charge in [0.1, 0.15) is 0 Å². The van der Waals surface area contributed by atoms with Crippen LogP contribution in [0.25, 0.3) is 0 Å². The fourth-order valence-electron chi connectivity index (χ4n) is 2.10. The molecule has 0 aliphatic heterocycles. The monoisotopic (exact) mass is 270 g/mol. The third-order valence-corrected chi connectivity index (χ3v) is 3.49. The van der Waals surface area contributed by atoms with Gasteiger partial charge < -0.3 is 15.7 Å². The van der Waals surface area contributed by atoms with Gasteiger partial charge in [-0.3, -0.25) is 9.59 Å². The molecule has 0 bridgehead atoms. The number of carbonyl (C=O) groups excluding carboxylic acids is 2. The molecular formula is C14H26N2O3. The zero-order valence-electron chi connectivity index (χ0n) is 12.2. The zero-order valence-corrected chi connectivity index (χ0v) is 12.2. The average molecular weight is 270 g/mol. The van der Waals surface area contributed by atoms with Gasteiger partial charge >= 0.3 is 0 Å². The maximum absolute atomic E-state index is 11.6. The highest BCUT2D eigenvalue weighted by molar-refractivity contribution is 5.87. The molecule has 0 atom stereocenters. The van der Waals surface area contributed by atoms with Crippen molar-refractivity contribution in [2.75, 3.05) is 13.1 Å². The van der Waals surface area contributed by atoms with E-state index in [1.54, 1.807) is 0 Å². The number of aliphatic hydroxyl groups excluding tert-OH is 1. The summed E-state index contributed by atoms with van der Waals surface area (Å²) in [6, 6.07) is 0. The van der Waals surface area contributed by atoms with E-state index in [0.717, 1.165) is 25.7 Å². The number of hydrogen-bond donors (Lipinski definition) is 3. The van der Waals surface area contributed by atoms with Crippen LogP contribution in [0.4, 0.5) is 0 Å². The number of nitrogens with one attached hydrogen (secondary N) is 2. The summed E-state index contributed by atoms with van der Waals surface area (Å²) in [6.45, 7) is 6.11. The second kappa shape index (κ2) is 6.89. The standard InChI is InChI=1S/C14H26N2O3/c1-14(2,3)13(19)16-9-12(18)15-8-10-4-6-11(17)7-5-10/h10-11,17H,4-9H2,1-3H3,(H,15,18)(H,16,19). The van der Waals surface area contributed by atoms with Crippen molar-refractivity contribution in [1.82, 2.24) is 10.6 Å². The molecule has 19 heavy (non-hydrogen) atoms.